The van der Waals surface area contributed by atoms with Crippen LogP contribution in [0.25, 0.3) is 0 Å². The molecule has 0 amide bonds. The molecular formula is C18H38N4. The first-order valence-corrected chi connectivity index (χ1v) is 9.36. The number of nitrogens with zero attached hydrogens (tertiary/aromatic N) is 4. The number of fused-ring (bicyclic) bond motifs is 4. The van der Waals surface area contributed by atoms with Crippen LogP contribution in [-0.4, -0.2) is 98.1 Å². The van der Waals surface area contributed by atoms with Crippen molar-refractivity contribution in [3.05, 3.63) is 0 Å². The van der Waals surface area contributed by atoms with Crippen molar-refractivity contribution in [3.63, 3.8) is 0 Å². The first-order chi connectivity index (χ1) is 10.5. The van der Waals surface area contributed by atoms with Crippen molar-refractivity contribution in [1.29, 1.82) is 0 Å². The number of rotatable bonds is 2. The van der Waals surface area contributed by atoms with Crippen molar-refractivity contribution in [2.45, 2.75) is 34.1 Å². The van der Waals surface area contributed by atoms with E-state index in [1.807, 2.05) is 0 Å². The van der Waals surface area contributed by atoms with Gasteiger partial charge in [0.2, 0.25) is 0 Å². The normalized spacial score (nSPS) is 30.5. The first kappa shape index (κ1) is 18.2. The highest BCUT2D eigenvalue weighted by Crippen LogP contribution is 2.16. The van der Waals surface area contributed by atoms with E-state index >= 15 is 0 Å². The summed E-state index contributed by atoms with van der Waals surface area (Å²) in [4.78, 5) is 10.7. The minimum Gasteiger partial charge on any atom is -0.301 e. The van der Waals surface area contributed by atoms with Crippen molar-refractivity contribution in [3.8, 4) is 0 Å². The van der Waals surface area contributed by atoms with Gasteiger partial charge in [-0.2, -0.15) is 0 Å². The minimum absolute atomic E-state index is 0.399. The molecule has 2 bridgehead atoms. The highest BCUT2D eigenvalue weighted by Gasteiger charge is 2.21. The molecule has 2 aliphatic rings. The first-order valence-electron chi connectivity index (χ1n) is 9.36. The molecule has 2 saturated heterocycles. The van der Waals surface area contributed by atoms with Gasteiger partial charge in [-0.3, -0.25) is 0 Å². The molecular weight excluding hydrogens is 272 g/mol. The van der Waals surface area contributed by atoms with Crippen LogP contribution in [0, 0.1) is 5.41 Å². The average Bonchev–Trinajstić information content (AvgIpc) is 2.46. The molecule has 4 nitrogen and oxygen atoms in total. The van der Waals surface area contributed by atoms with Gasteiger partial charge in [-0.1, -0.05) is 27.7 Å². The lowest BCUT2D eigenvalue weighted by Crippen LogP contribution is -2.49. The van der Waals surface area contributed by atoms with Gasteiger partial charge >= 0.3 is 0 Å². The lowest BCUT2D eigenvalue weighted by Gasteiger charge is -2.38. The van der Waals surface area contributed by atoms with Crippen molar-refractivity contribution >= 4 is 0 Å². The third kappa shape index (κ3) is 6.53. The topological polar surface area (TPSA) is 13.0 Å². The van der Waals surface area contributed by atoms with Gasteiger partial charge in [-0.15, -0.1) is 0 Å². The Kier molecular flexibility index (Phi) is 7.13. The largest absolute Gasteiger partial charge is 0.301 e. The molecule has 0 N–H and O–H groups in total. The van der Waals surface area contributed by atoms with E-state index in [1.165, 1.54) is 85.0 Å². The van der Waals surface area contributed by atoms with Crippen LogP contribution in [0.3, 0.4) is 0 Å². The quantitative estimate of drug-likeness (QED) is 0.769. The molecule has 0 aliphatic carbocycles. The van der Waals surface area contributed by atoms with Crippen LogP contribution in [0.2, 0.25) is 0 Å². The highest BCUT2D eigenvalue weighted by atomic mass is 15.3. The van der Waals surface area contributed by atoms with Crippen molar-refractivity contribution in [2.24, 2.45) is 5.41 Å². The fourth-order valence-electron chi connectivity index (χ4n) is 3.69. The van der Waals surface area contributed by atoms with E-state index in [4.69, 9.17) is 0 Å². The van der Waals surface area contributed by atoms with Gasteiger partial charge < -0.3 is 19.6 Å². The number of hydrogen-bond acceptors (Lipinski definition) is 4. The van der Waals surface area contributed by atoms with Crippen LogP contribution >= 0.6 is 0 Å². The fraction of sp³-hybridized carbons (Fsp3) is 1.00. The number of likely N-dealkylation sites (N-methyl/N-ethyl adjacent to an activating group) is 1. The summed E-state index contributed by atoms with van der Waals surface area (Å²) in [6.07, 6.45) is 1.34. The Balaban J connectivity index is 2.01. The summed E-state index contributed by atoms with van der Waals surface area (Å²) in [5, 5.41) is 0. The molecule has 0 saturated carbocycles. The molecule has 2 aliphatic heterocycles. The van der Waals surface area contributed by atoms with E-state index in [9.17, 15) is 0 Å². The molecule has 2 heterocycles. The van der Waals surface area contributed by atoms with Gasteiger partial charge in [0.05, 0.1) is 0 Å². The third-order valence-corrected chi connectivity index (χ3v) is 5.02. The highest BCUT2D eigenvalue weighted by molar-refractivity contribution is 4.76. The van der Waals surface area contributed by atoms with Crippen LogP contribution < -0.4 is 0 Å². The third-order valence-electron chi connectivity index (χ3n) is 5.02. The molecule has 0 aromatic carbocycles. The predicted octanol–water partition coefficient (Wildman–Crippen LogP) is 1.68. The Morgan fingerprint density at radius 1 is 0.636 bits per heavy atom. The Labute approximate surface area is 138 Å². The molecule has 0 spiro atoms. The summed E-state index contributed by atoms with van der Waals surface area (Å²) in [5.41, 5.74) is 0.399. The Morgan fingerprint density at radius 3 is 1.50 bits per heavy atom. The standard InChI is InChI=1S/C18H38N4/c1-5-19-9-11-20-7-6-8-21(12-10-19)14-16-22(15-13-20)17-18(2,3)4/h5-17H2,1-4H3. The van der Waals surface area contributed by atoms with E-state index in [-0.39, 0.29) is 0 Å². The molecule has 0 aromatic heterocycles. The SMILES string of the molecule is CCN1CCN2CCCN(CC1)CCN(CC(C)(C)C)CC2. The summed E-state index contributed by atoms with van der Waals surface area (Å²) in [5.74, 6) is 0. The monoisotopic (exact) mass is 310 g/mol. The van der Waals surface area contributed by atoms with E-state index in [1.54, 1.807) is 0 Å². The second-order valence-electron chi connectivity index (χ2n) is 8.31. The van der Waals surface area contributed by atoms with Crippen molar-refractivity contribution < 1.29 is 0 Å². The molecule has 0 aromatic rings. The van der Waals surface area contributed by atoms with E-state index < -0.39 is 0 Å². The van der Waals surface area contributed by atoms with Gasteiger partial charge in [-0.05, 0) is 31.5 Å². The van der Waals surface area contributed by atoms with Crippen LogP contribution in [0.1, 0.15) is 34.1 Å². The maximum absolute atomic E-state index is 2.70. The Bertz CT molecular complexity index is 293. The molecule has 4 heteroatoms. The van der Waals surface area contributed by atoms with E-state index in [0.717, 1.165) is 0 Å². The average molecular weight is 311 g/mol. The fourth-order valence-corrected chi connectivity index (χ4v) is 3.69. The minimum atomic E-state index is 0.399. The summed E-state index contributed by atoms with van der Waals surface area (Å²) in [6, 6.07) is 0. The van der Waals surface area contributed by atoms with Crippen LogP contribution in [0.4, 0.5) is 0 Å². The Morgan fingerprint density at radius 2 is 1.09 bits per heavy atom. The predicted molar refractivity (Wildman–Crippen MR) is 95.5 cm³/mol. The second-order valence-corrected chi connectivity index (χ2v) is 8.31. The van der Waals surface area contributed by atoms with Gasteiger partial charge in [-0.25, -0.2) is 0 Å². The zero-order valence-corrected chi connectivity index (χ0v) is 15.5. The molecule has 0 radical (unpaired) electrons. The van der Waals surface area contributed by atoms with Crippen LogP contribution in [0.5, 0.6) is 0 Å². The van der Waals surface area contributed by atoms with Gasteiger partial charge in [0.25, 0.3) is 0 Å². The second kappa shape index (κ2) is 8.62. The maximum Gasteiger partial charge on any atom is 0.0110 e. The van der Waals surface area contributed by atoms with Gasteiger partial charge in [0.15, 0.2) is 0 Å². The van der Waals surface area contributed by atoms with Crippen molar-refractivity contribution in [1.82, 2.24) is 19.6 Å². The molecule has 2 unspecified atom stereocenters. The van der Waals surface area contributed by atoms with E-state index in [0.29, 0.717) is 5.41 Å². The number of hydrogen-bond donors (Lipinski definition) is 0. The molecule has 22 heavy (non-hydrogen) atoms. The summed E-state index contributed by atoms with van der Waals surface area (Å²) in [7, 11) is 0. The maximum atomic E-state index is 2.70. The molecule has 130 valence electrons. The molecule has 2 fully saturated rings. The summed E-state index contributed by atoms with van der Waals surface area (Å²) in [6.45, 7) is 24.3. The lowest BCUT2D eigenvalue weighted by atomic mass is 9.96. The lowest BCUT2D eigenvalue weighted by molar-refractivity contribution is 0.0977. The smallest absolute Gasteiger partial charge is 0.0110 e. The zero-order valence-electron chi connectivity index (χ0n) is 15.5. The van der Waals surface area contributed by atoms with E-state index in [2.05, 4.69) is 47.3 Å². The molecule has 2 rings (SSSR count). The summed E-state index contributed by atoms with van der Waals surface area (Å²) >= 11 is 0. The summed E-state index contributed by atoms with van der Waals surface area (Å²) < 4.78 is 0. The van der Waals surface area contributed by atoms with Crippen LogP contribution in [0.15, 0.2) is 0 Å². The Hall–Kier alpha value is -0.160. The van der Waals surface area contributed by atoms with Crippen molar-refractivity contribution in [2.75, 3.05) is 78.5 Å². The van der Waals surface area contributed by atoms with Gasteiger partial charge in [0, 0.05) is 58.9 Å². The van der Waals surface area contributed by atoms with Crippen LogP contribution in [-0.2, 0) is 0 Å². The zero-order chi connectivity index (χ0) is 16.0. The molecule has 2 atom stereocenters. The van der Waals surface area contributed by atoms with Gasteiger partial charge in [0.1, 0.15) is 0 Å².